The molecule has 0 spiro atoms. The summed E-state index contributed by atoms with van der Waals surface area (Å²) in [5.74, 6) is 0. The molecular weight excluding hydrogens is 180 g/mol. The molecule has 14 heavy (non-hydrogen) atoms. The lowest BCUT2D eigenvalue weighted by Crippen LogP contribution is -2.24. The SMILES string of the molecule is C=C(C)COc1nnnn1C(C)(C)C. The van der Waals surface area contributed by atoms with Gasteiger partial charge >= 0.3 is 6.01 Å². The summed E-state index contributed by atoms with van der Waals surface area (Å²) in [5.41, 5.74) is 0.766. The minimum absolute atomic E-state index is 0.173. The van der Waals surface area contributed by atoms with Crippen LogP contribution in [-0.2, 0) is 5.54 Å². The fourth-order valence-corrected chi connectivity index (χ4v) is 0.878. The van der Waals surface area contributed by atoms with Gasteiger partial charge in [-0.2, -0.15) is 4.68 Å². The summed E-state index contributed by atoms with van der Waals surface area (Å²) in [4.78, 5) is 0. The van der Waals surface area contributed by atoms with Crippen molar-refractivity contribution in [2.45, 2.75) is 33.2 Å². The topological polar surface area (TPSA) is 52.8 Å². The fourth-order valence-electron chi connectivity index (χ4n) is 0.878. The number of ether oxygens (including phenoxy) is 1. The lowest BCUT2D eigenvalue weighted by atomic mass is 10.1. The minimum atomic E-state index is -0.173. The normalized spacial score (nSPS) is 11.4. The van der Waals surface area contributed by atoms with Gasteiger partial charge in [0.25, 0.3) is 0 Å². The first-order valence-corrected chi connectivity index (χ1v) is 4.47. The molecule has 1 aromatic rings. The van der Waals surface area contributed by atoms with Crippen molar-refractivity contribution >= 4 is 0 Å². The average Bonchev–Trinajstić information content (AvgIpc) is 2.46. The Bertz CT molecular complexity index is 324. The predicted molar refractivity (Wildman–Crippen MR) is 53.1 cm³/mol. The van der Waals surface area contributed by atoms with Crippen LogP contribution in [0.2, 0.25) is 0 Å². The molecule has 5 nitrogen and oxygen atoms in total. The molecule has 0 amide bonds. The van der Waals surface area contributed by atoms with Crippen molar-refractivity contribution in [2.75, 3.05) is 6.61 Å². The highest BCUT2D eigenvalue weighted by molar-refractivity contribution is 4.97. The molecule has 0 saturated heterocycles. The van der Waals surface area contributed by atoms with Crippen molar-refractivity contribution in [3.8, 4) is 6.01 Å². The van der Waals surface area contributed by atoms with Gasteiger partial charge < -0.3 is 4.74 Å². The van der Waals surface area contributed by atoms with Crippen LogP contribution >= 0.6 is 0 Å². The molecule has 0 radical (unpaired) electrons. The van der Waals surface area contributed by atoms with Gasteiger partial charge in [-0.05, 0) is 43.7 Å². The van der Waals surface area contributed by atoms with Gasteiger partial charge in [-0.25, -0.2) is 0 Å². The summed E-state index contributed by atoms with van der Waals surface area (Å²) in [7, 11) is 0. The number of tetrazole rings is 1. The van der Waals surface area contributed by atoms with E-state index in [1.165, 1.54) is 0 Å². The third-order valence-electron chi connectivity index (χ3n) is 1.52. The predicted octanol–water partition coefficient (Wildman–Crippen LogP) is 1.38. The van der Waals surface area contributed by atoms with Crippen LogP contribution in [0.4, 0.5) is 0 Å². The number of rotatable bonds is 3. The van der Waals surface area contributed by atoms with Crippen LogP contribution in [0.5, 0.6) is 6.01 Å². The van der Waals surface area contributed by atoms with Crippen LogP contribution in [-0.4, -0.2) is 26.8 Å². The standard InChI is InChI=1S/C9H16N4O/c1-7(2)6-14-8-10-11-12-13(8)9(3,4)5/h1,6H2,2-5H3. The van der Waals surface area contributed by atoms with E-state index in [1.807, 2.05) is 27.7 Å². The largest absolute Gasteiger partial charge is 0.458 e. The quantitative estimate of drug-likeness (QED) is 0.685. The molecule has 0 aliphatic carbocycles. The van der Waals surface area contributed by atoms with E-state index in [4.69, 9.17) is 4.74 Å². The van der Waals surface area contributed by atoms with Gasteiger partial charge in [0.15, 0.2) is 0 Å². The number of nitrogens with zero attached hydrogens (tertiary/aromatic N) is 4. The second kappa shape index (κ2) is 3.77. The van der Waals surface area contributed by atoms with Gasteiger partial charge in [0, 0.05) is 0 Å². The summed E-state index contributed by atoms with van der Waals surface area (Å²) in [6.07, 6.45) is 0. The zero-order valence-corrected chi connectivity index (χ0v) is 9.11. The highest BCUT2D eigenvalue weighted by Crippen LogP contribution is 2.17. The molecule has 1 heterocycles. The first-order chi connectivity index (χ1) is 6.41. The molecule has 0 bridgehead atoms. The lowest BCUT2D eigenvalue weighted by molar-refractivity contribution is 0.250. The molecule has 0 atom stereocenters. The third kappa shape index (κ3) is 2.55. The Labute approximate surface area is 83.8 Å². The smallest absolute Gasteiger partial charge is 0.336 e. The fraction of sp³-hybridized carbons (Fsp3) is 0.667. The second-order valence-corrected chi connectivity index (χ2v) is 4.29. The van der Waals surface area contributed by atoms with Crippen LogP contribution in [0.3, 0.4) is 0 Å². The maximum absolute atomic E-state index is 5.39. The van der Waals surface area contributed by atoms with Gasteiger partial charge in [0.05, 0.1) is 5.54 Å². The highest BCUT2D eigenvalue weighted by atomic mass is 16.5. The Kier molecular flexibility index (Phi) is 2.88. The van der Waals surface area contributed by atoms with Crippen LogP contribution in [0.25, 0.3) is 0 Å². The molecule has 5 heteroatoms. The second-order valence-electron chi connectivity index (χ2n) is 4.29. The monoisotopic (exact) mass is 196 g/mol. The van der Waals surface area contributed by atoms with Gasteiger partial charge in [-0.1, -0.05) is 11.7 Å². The number of hydrogen-bond acceptors (Lipinski definition) is 4. The number of hydrogen-bond donors (Lipinski definition) is 0. The highest BCUT2D eigenvalue weighted by Gasteiger charge is 2.20. The van der Waals surface area contributed by atoms with Gasteiger partial charge in [0.1, 0.15) is 6.61 Å². The van der Waals surface area contributed by atoms with E-state index >= 15 is 0 Å². The molecule has 0 fully saturated rings. The average molecular weight is 196 g/mol. The van der Waals surface area contributed by atoms with Crippen LogP contribution < -0.4 is 4.74 Å². The van der Waals surface area contributed by atoms with E-state index < -0.39 is 0 Å². The summed E-state index contributed by atoms with van der Waals surface area (Å²) in [5, 5.41) is 11.2. The Balaban J connectivity index is 2.78. The Hall–Kier alpha value is -1.39. The van der Waals surface area contributed by atoms with Crippen molar-refractivity contribution in [1.82, 2.24) is 20.2 Å². The van der Waals surface area contributed by atoms with Crippen LogP contribution in [0, 0.1) is 0 Å². The van der Waals surface area contributed by atoms with Crippen LogP contribution in [0.15, 0.2) is 12.2 Å². The van der Waals surface area contributed by atoms with E-state index in [0.29, 0.717) is 12.6 Å². The molecule has 0 saturated carbocycles. The summed E-state index contributed by atoms with van der Waals surface area (Å²) in [6.45, 7) is 12.1. The van der Waals surface area contributed by atoms with Crippen molar-refractivity contribution in [1.29, 1.82) is 0 Å². The van der Waals surface area contributed by atoms with Crippen molar-refractivity contribution in [3.63, 3.8) is 0 Å². The third-order valence-corrected chi connectivity index (χ3v) is 1.52. The van der Waals surface area contributed by atoms with E-state index in [9.17, 15) is 0 Å². The molecule has 78 valence electrons. The molecule has 1 rings (SSSR count). The van der Waals surface area contributed by atoms with E-state index in [-0.39, 0.29) is 5.54 Å². The Morgan fingerprint density at radius 1 is 1.50 bits per heavy atom. The lowest BCUT2D eigenvalue weighted by Gasteiger charge is -2.19. The molecule has 1 aromatic heterocycles. The van der Waals surface area contributed by atoms with Gasteiger partial charge in [-0.3, -0.25) is 0 Å². The molecule has 0 unspecified atom stereocenters. The van der Waals surface area contributed by atoms with E-state index in [0.717, 1.165) is 5.57 Å². The van der Waals surface area contributed by atoms with Gasteiger partial charge in [-0.15, -0.1) is 0 Å². The first-order valence-electron chi connectivity index (χ1n) is 4.47. The Morgan fingerprint density at radius 2 is 2.14 bits per heavy atom. The Morgan fingerprint density at radius 3 is 2.64 bits per heavy atom. The van der Waals surface area contributed by atoms with E-state index in [2.05, 4.69) is 22.1 Å². The summed E-state index contributed by atoms with van der Waals surface area (Å²) >= 11 is 0. The minimum Gasteiger partial charge on any atom is -0.458 e. The van der Waals surface area contributed by atoms with Gasteiger partial charge in [0.2, 0.25) is 0 Å². The molecule has 0 N–H and O–H groups in total. The van der Waals surface area contributed by atoms with Crippen molar-refractivity contribution in [2.24, 2.45) is 0 Å². The van der Waals surface area contributed by atoms with Crippen molar-refractivity contribution in [3.05, 3.63) is 12.2 Å². The molecule has 0 aliphatic rings. The maximum Gasteiger partial charge on any atom is 0.336 e. The summed E-state index contributed by atoms with van der Waals surface area (Å²) in [6, 6.07) is 0.431. The molecule has 0 aliphatic heterocycles. The van der Waals surface area contributed by atoms with Crippen LogP contribution in [0.1, 0.15) is 27.7 Å². The maximum atomic E-state index is 5.39. The molecule has 0 aromatic carbocycles. The zero-order valence-electron chi connectivity index (χ0n) is 9.11. The van der Waals surface area contributed by atoms with Crippen molar-refractivity contribution < 1.29 is 4.74 Å². The zero-order chi connectivity index (χ0) is 10.8. The number of aromatic nitrogens is 4. The van der Waals surface area contributed by atoms with E-state index in [1.54, 1.807) is 4.68 Å². The first kappa shape index (κ1) is 10.7. The molecular formula is C9H16N4O. The summed E-state index contributed by atoms with van der Waals surface area (Å²) < 4.78 is 7.04.